The fourth-order valence-electron chi connectivity index (χ4n) is 2.46. The van der Waals surface area contributed by atoms with E-state index in [2.05, 4.69) is 15.5 Å². The first kappa shape index (κ1) is 18.8. The van der Waals surface area contributed by atoms with Gasteiger partial charge in [0.2, 0.25) is 5.91 Å². The Morgan fingerprint density at radius 1 is 1.07 bits per heavy atom. The quantitative estimate of drug-likeness (QED) is 0.630. The molecule has 1 heterocycles. The Kier molecular flexibility index (Phi) is 5.97. The van der Waals surface area contributed by atoms with Crippen molar-refractivity contribution in [3.63, 3.8) is 0 Å². The number of benzene rings is 2. The highest BCUT2D eigenvalue weighted by molar-refractivity contribution is 7.99. The van der Waals surface area contributed by atoms with Crippen LogP contribution in [0.5, 0.6) is 11.5 Å². The molecule has 0 saturated heterocycles. The van der Waals surface area contributed by atoms with Crippen LogP contribution < -0.4 is 14.8 Å². The molecule has 2 aromatic carbocycles. The van der Waals surface area contributed by atoms with Crippen molar-refractivity contribution in [2.75, 3.05) is 25.3 Å². The van der Waals surface area contributed by atoms with Crippen molar-refractivity contribution < 1.29 is 14.3 Å². The number of carbonyl (C=O) groups excluding carboxylic acids is 1. The van der Waals surface area contributed by atoms with Crippen LogP contribution in [-0.2, 0) is 11.8 Å². The summed E-state index contributed by atoms with van der Waals surface area (Å²) in [5.74, 6) is 2.33. The van der Waals surface area contributed by atoms with Crippen molar-refractivity contribution in [3.8, 4) is 22.9 Å². The summed E-state index contributed by atoms with van der Waals surface area (Å²) in [6, 6.07) is 14.8. The van der Waals surface area contributed by atoms with Gasteiger partial charge in [-0.25, -0.2) is 0 Å². The van der Waals surface area contributed by atoms with Crippen LogP contribution in [0.3, 0.4) is 0 Å². The first-order valence-electron chi connectivity index (χ1n) is 8.21. The number of hydrogen-bond acceptors (Lipinski definition) is 6. The fraction of sp³-hybridized carbons (Fsp3) is 0.211. The Morgan fingerprint density at radius 2 is 1.81 bits per heavy atom. The van der Waals surface area contributed by atoms with Crippen LogP contribution in [-0.4, -0.2) is 40.6 Å². The predicted molar refractivity (Wildman–Crippen MR) is 105 cm³/mol. The molecule has 0 fully saturated rings. The molecule has 7 nitrogen and oxygen atoms in total. The molecule has 140 valence electrons. The van der Waals surface area contributed by atoms with Crippen molar-refractivity contribution in [3.05, 3.63) is 48.5 Å². The number of nitrogens with one attached hydrogen (secondary N) is 1. The summed E-state index contributed by atoms with van der Waals surface area (Å²) in [5.41, 5.74) is 1.62. The number of nitrogens with zero attached hydrogens (tertiary/aromatic N) is 3. The number of hydrogen-bond donors (Lipinski definition) is 1. The number of rotatable bonds is 7. The molecule has 0 atom stereocenters. The molecule has 27 heavy (non-hydrogen) atoms. The largest absolute Gasteiger partial charge is 0.497 e. The lowest BCUT2D eigenvalue weighted by Gasteiger charge is -2.07. The predicted octanol–water partition coefficient (Wildman–Crippen LogP) is 3.23. The van der Waals surface area contributed by atoms with Crippen molar-refractivity contribution in [2.45, 2.75) is 5.16 Å². The van der Waals surface area contributed by atoms with Crippen LogP contribution in [0, 0.1) is 0 Å². The van der Waals surface area contributed by atoms with Gasteiger partial charge < -0.3 is 19.4 Å². The van der Waals surface area contributed by atoms with Crippen molar-refractivity contribution in [2.24, 2.45) is 7.05 Å². The topological polar surface area (TPSA) is 78.3 Å². The lowest BCUT2D eigenvalue weighted by Crippen LogP contribution is -2.14. The van der Waals surface area contributed by atoms with Crippen LogP contribution in [0.25, 0.3) is 11.4 Å². The zero-order chi connectivity index (χ0) is 19.2. The lowest BCUT2D eigenvalue weighted by atomic mass is 10.2. The maximum Gasteiger partial charge on any atom is 0.234 e. The van der Waals surface area contributed by atoms with E-state index >= 15 is 0 Å². The average Bonchev–Trinajstić information content (AvgIpc) is 3.07. The van der Waals surface area contributed by atoms with Crippen LogP contribution in [0.2, 0.25) is 0 Å². The zero-order valence-corrected chi connectivity index (χ0v) is 16.1. The molecule has 8 heteroatoms. The summed E-state index contributed by atoms with van der Waals surface area (Å²) in [5, 5.41) is 11.9. The van der Waals surface area contributed by atoms with Gasteiger partial charge in [0.25, 0.3) is 0 Å². The lowest BCUT2D eigenvalue weighted by molar-refractivity contribution is -0.113. The van der Waals surface area contributed by atoms with Crippen molar-refractivity contribution >= 4 is 23.4 Å². The summed E-state index contributed by atoms with van der Waals surface area (Å²) in [6.07, 6.45) is 0. The van der Waals surface area contributed by atoms with E-state index < -0.39 is 0 Å². The second kappa shape index (κ2) is 8.59. The summed E-state index contributed by atoms with van der Waals surface area (Å²) < 4.78 is 12.2. The average molecular weight is 384 g/mol. The molecule has 0 aliphatic rings. The molecule has 0 aliphatic heterocycles. The molecule has 3 aromatic rings. The Hall–Kier alpha value is -3.00. The summed E-state index contributed by atoms with van der Waals surface area (Å²) in [7, 11) is 5.10. The van der Waals surface area contributed by atoms with Gasteiger partial charge in [0.1, 0.15) is 11.5 Å². The molecule has 0 spiro atoms. The fourth-order valence-corrected chi connectivity index (χ4v) is 3.17. The molecule has 1 aromatic heterocycles. The third kappa shape index (κ3) is 4.59. The Balaban J connectivity index is 1.62. The Bertz CT molecular complexity index is 925. The van der Waals surface area contributed by atoms with E-state index in [1.807, 2.05) is 35.9 Å². The van der Waals surface area contributed by atoms with Crippen LogP contribution in [0.1, 0.15) is 0 Å². The molecule has 1 amide bonds. The van der Waals surface area contributed by atoms with E-state index in [1.165, 1.54) is 11.8 Å². The standard InChI is InChI=1S/C19H20N4O3S/c1-23-18(13-5-4-6-16(11-13)26-3)21-22-19(23)27-12-17(24)20-14-7-9-15(25-2)10-8-14/h4-11H,12H2,1-3H3,(H,20,24). The third-order valence-electron chi connectivity index (χ3n) is 3.87. The molecule has 0 bridgehead atoms. The van der Waals surface area contributed by atoms with E-state index in [9.17, 15) is 4.79 Å². The zero-order valence-electron chi connectivity index (χ0n) is 15.3. The highest BCUT2D eigenvalue weighted by Crippen LogP contribution is 2.25. The van der Waals surface area contributed by atoms with Crippen molar-refractivity contribution in [1.29, 1.82) is 0 Å². The number of thioether (sulfide) groups is 1. The highest BCUT2D eigenvalue weighted by atomic mass is 32.2. The van der Waals surface area contributed by atoms with Gasteiger partial charge in [0.05, 0.1) is 20.0 Å². The number of ether oxygens (including phenoxy) is 2. The van der Waals surface area contributed by atoms with Gasteiger partial charge in [-0.1, -0.05) is 23.9 Å². The maximum absolute atomic E-state index is 12.2. The minimum Gasteiger partial charge on any atom is -0.497 e. The molecular formula is C19H20N4O3S. The second-order valence-corrected chi connectivity index (χ2v) is 6.61. The number of anilines is 1. The molecule has 0 saturated carbocycles. The first-order valence-corrected chi connectivity index (χ1v) is 9.20. The van der Waals surface area contributed by atoms with E-state index in [0.717, 1.165) is 22.7 Å². The Morgan fingerprint density at radius 3 is 2.52 bits per heavy atom. The van der Waals surface area contributed by atoms with Gasteiger partial charge in [-0.3, -0.25) is 4.79 Å². The maximum atomic E-state index is 12.2. The van der Waals surface area contributed by atoms with Gasteiger partial charge in [-0.05, 0) is 36.4 Å². The summed E-state index contributed by atoms with van der Waals surface area (Å²) in [4.78, 5) is 12.2. The van der Waals surface area contributed by atoms with Crippen molar-refractivity contribution in [1.82, 2.24) is 14.8 Å². The van der Waals surface area contributed by atoms with Gasteiger partial charge in [-0.2, -0.15) is 0 Å². The number of aromatic nitrogens is 3. The summed E-state index contributed by atoms with van der Waals surface area (Å²) in [6.45, 7) is 0. The SMILES string of the molecule is COc1ccc(NC(=O)CSc2nnc(-c3cccc(OC)c3)n2C)cc1. The second-order valence-electron chi connectivity index (χ2n) is 5.66. The van der Waals surface area contributed by atoms with E-state index in [4.69, 9.17) is 9.47 Å². The van der Waals surface area contributed by atoms with Crippen LogP contribution in [0.4, 0.5) is 5.69 Å². The molecule has 0 aliphatic carbocycles. The van der Waals surface area contributed by atoms with E-state index in [0.29, 0.717) is 11.0 Å². The highest BCUT2D eigenvalue weighted by Gasteiger charge is 2.13. The molecule has 0 radical (unpaired) electrons. The van der Waals surface area contributed by atoms with Gasteiger partial charge in [0, 0.05) is 18.3 Å². The van der Waals surface area contributed by atoms with Crippen LogP contribution >= 0.6 is 11.8 Å². The first-order chi connectivity index (χ1) is 13.1. The molecule has 3 rings (SSSR count). The minimum atomic E-state index is -0.115. The monoisotopic (exact) mass is 384 g/mol. The molecule has 0 unspecified atom stereocenters. The molecule has 1 N–H and O–H groups in total. The normalized spacial score (nSPS) is 10.5. The van der Waals surface area contributed by atoms with Gasteiger partial charge in [-0.15, -0.1) is 10.2 Å². The van der Waals surface area contributed by atoms with Crippen LogP contribution in [0.15, 0.2) is 53.7 Å². The third-order valence-corrected chi connectivity index (χ3v) is 4.89. The number of methoxy groups -OCH3 is 2. The number of carbonyl (C=O) groups is 1. The summed E-state index contributed by atoms with van der Waals surface area (Å²) >= 11 is 1.33. The smallest absolute Gasteiger partial charge is 0.234 e. The van der Waals surface area contributed by atoms with E-state index in [-0.39, 0.29) is 11.7 Å². The van der Waals surface area contributed by atoms with Gasteiger partial charge >= 0.3 is 0 Å². The molecular weight excluding hydrogens is 364 g/mol. The number of amides is 1. The van der Waals surface area contributed by atoms with Gasteiger partial charge in [0.15, 0.2) is 11.0 Å². The van der Waals surface area contributed by atoms with E-state index in [1.54, 1.807) is 38.5 Å². The Labute approximate surface area is 161 Å². The minimum absolute atomic E-state index is 0.115.